The SMILES string of the molecule is Cc1cc(C)c(NC(=S)Nc2ccc(C(F)(F)F)cc2)c(C)c1. The van der Waals surface area contributed by atoms with Crippen molar-refractivity contribution >= 4 is 28.7 Å². The lowest BCUT2D eigenvalue weighted by molar-refractivity contribution is -0.137. The molecule has 122 valence electrons. The molecule has 2 nitrogen and oxygen atoms in total. The Kier molecular flexibility index (Phi) is 4.94. The molecule has 0 saturated carbocycles. The van der Waals surface area contributed by atoms with E-state index in [2.05, 4.69) is 10.6 Å². The van der Waals surface area contributed by atoms with Gasteiger partial charge in [0.05, 0.1) is 5.56 Å². The van der Waals surface area contributed by atoms with E-state index in [-0.39, 0.29) is 0 Å². The number of benzene rings is 2. The Morgan fingerprint density at radius 3 is 1.91 bits per heavy atom. The number of thiocarbonyl (C=S) groups is 1. The molecule has 0 spiro atoms. The largest absolute Gasteiger partial charge is 0.416 e. The molecule has 23 heavy (non-hydrogen) atoms. The second-order valence-corrected chi connectivity index (χ2v) is 5.84. The van der Waals surface area contributed by atoms with E-state index in [0.29, 0.717) is 10.8 Å². The lowest BCUT2D eigenvalue weighted by Gasteiger charge is -2.16. The van der Waals surface area contributed by atoms with Crippen LogP contribution in [-0.2, 0) is 6.18 Å². The first-order valence-electron chi connectivity index (χ1n) is 7.00. The molecule has 0 aliphatic heterocycles. The molecule has 0 bridgehead atoms. The zero-order valence-corrected chi connectivity index (χ0v) is 13.8. The molecular weight excluding hydrogens is 321 g/mol. The first-order chi connectivity index (χ1) is 10.7. The van der Waals surface area contributed by atoms with E-state index >= 15 is 0 Å². The summed E-state index contributed by atoms with van der Waals surface area (Å²) in [4.78, 5) is 0. The maximum absolute atomic E-state index is 12.5. The number of alkyl halides is 3. The highest BCUT2D eigenvalue weighted by Gasteiger charge is 2.29. The third-order valence-electron chi connectivity index (χ3n) is 3.39. The van der Waals surface area contributed by atoms with Crippen molar-refractivity contribution in [3.63, 3.8) is 0 Å². The Bertz CT molecular complexity index is 699. The molecule has 0 saturated heterocycles. The second-order valence-electron chi connectivity index (χ2n) is 5.43. The van der Waals surface area contributed by atoms with E-state index < -0.39 is 11.7 Å². The van der Waals surface area contributed by atoms with E-state index in [1.807, 2.05) is 32.9 Å². The van der Waals surface area contributed by atoms with Crippen LogP contribution in [0.3, 0.4) is 0 Å². The van der Waals surface area contributed by atoms with Crippen LogP contribution in [0.1, 0.15) is 22.3 Å². The van der Waals surface area contributed by atoms with Gasteiger partial charge in [-0.25, -0.2) is 0 Å². The summed E-state index contributed by atoms with van der Waals surface area (Å²) in [6, 6.07) is 8.82. The molecule has 0 atom stereocenters. The highest BCUT2D eigenvalue weighted by atomic mass is 32.1. The Hall–Kier alpha value is -2.08. The van der Waals surface area contributed by atoms with Crippen LogP contribution in [-0.4, -0.2) is 5.11 Å². The van der Waals surface area contributed by atoms with Crippen LogP contribution in [0, 0.1) is 20.8 Å². The molecule has 0 unspecified atom stereocenters. The second kappa shape index (κ2) is 6.58. The van der Waals surface area contributed by atoms with Crippen LogP contribution in [0.2, 0.25) is 0 Å². The normalized spacial score (nSPS) is 11.2. The third-order valence-corrected chi connectivity index (χ3v) is 3.59. The average Bonchev–Trinajstić information content (AvgIpc) is 2.42. The monoisotopic (exact) mass is 338 g/mol. The minimum atomic E-state index is -4.34. The van der Waals surface area contributed by atoms with Crippen molar-refractivity contribution < 1.29 is 13.2 Å². The van der Waals surface area contributed by atoms with Crippen LogP contribution in [0.4, 0.5) is 24.5 Å². The summed E-state index contributed by atoms with van der Waals surface area (Å²) in [5.41, 5.74) is 3.98. The van der Waals surface area contributed by atoms with Crippen LogP contribution in [0.25, 0.3) is 0 Å². The van der Waals surface area contributed by atoms with Gasteiger partial charge in [0.15, 0.2) is 5.11 Å². The molecule has 2 N–H and O–H groups in total. The third kappa shape index (κ3) is 4.45. The topological polar surface area (TPSA) is 24.1 Å². The summed E-state index contributed by atoms with van der Waals surface area (Å²) in [7, 11) is 0. The number of nitrogens with one attached hydrogen (secondary N) is 2. The van der Waals surface area contributed by atoms with Crippen LogP contribution in [0.15, 0.2) is 36.4 Å². The van der Waals surface area contributed by atoms with E-state index in [1.54, 1.807) is 0 Å². The Balaban J connectivity index is 2.08. The standard InChI is InChI=1S/C17H17F3N2S/c1-10-8-11(2)15(12(3)9-10)22-16(23)21-14-6-4-13(5-7-14)17(18,19)20/h4-9H,1-3H3,(H2,21,22,23). The van der Waals surface area contributed by atoms with E-state index in [9.17, 15) is 13.2 Å². The van der Waals surface area contributed by atoms with Crippen LogP contribution >= 0.6 is 12.2 Å². The van der Waals surface area contributed by atoms with E-state index in [1.165, 1.54) is 12.1 Å². The van der Waals surface area contributed by atoms with Crippen molar-refractivity contribution in [3.05, 3.63) is 58.7 Å². The minimum absolute atomic E-state index is 0.333. The average molecular weight is 338 g/mol. The number of halogens is 3. The molecular formula is C17H17F3N2S. The quantitative estimate of drug-likeness (QED) is 0.713. The van der Waals surface area contributed by atoms with Gasteiger partial charge in [-0.2, -0.15) is 13.2 Å². The molecule has 0 fully saturated rings. The van der Waals surface area contributed by atoms with Crippen molar-refractivity contribution in [2.45, 2.75) is 26.9 Å². The summed E-state index contributed by atoms with van der Waals surface area (Å²) < 4.78 is 37.6. The Morgan fingerprint density at radius 2 is 1.43 bits per heavy atom. The van der Waals surface area contributed by atoms with Gasteiger partial charge < -0.3 is 10.6 Å². The fourth-order valence-electron chi connectivity index (χ4n) is 2.40. The fraction of sp³-hybridized carbons (Fsp3) is 0.235. The Labute approximate surface area is 138 Å². The van der Waals surface area contributed by atoms with Gasteiger partial charge in [0, 0.05) is 11.4 Å². The molecule has 2 aromatic rings. The first-order valence-corrected chi connectivity index (χ1v) is 7.41. The lowest BCUT2D eigenvalue weighted by atomic mass is 10.1. The zero-order valence-electron chi connectivity index (χ0n) is 13.0. The fourth-order valence-corrected chi connectivity index (χ4v) is 2.62. The zero-order chi connectivity index (χ0) is 17.2. The maximum Gasteiger partial charge on any atom is 0.416 e. The van der Waals surface area contributed by atoms with Gasteiger partial charge in [0.25, 0.3) is 0 Å². The van der Waals surface area contributed by atoms with Gasteiger partial charge in [0.1, 0.15) is 0 Å². The van der Waals surface area contributed by atoms with Crippen molar-refractivity contribution in [2.24, 2.45) is 0 Å². The van der Waals surface area contributed by atoms with Gasteiger partial charge >= 0.3 is 6.18 Å². The number of hydrogen-bond acceptors (Lipinski definition) is 1. The number of aryl methyl sites for hydroxylation is 3. The maximum atomic E-state index is 12.5. The number of hydrogen-bond donors (Lipinski definition) is 2. The van der Waals surface area contributed by atoms with Crippen molar-refractivity contribution in [2.75, 3.05) is 10.6 Å². The molecule has 0 aromatic heterocycles. The number of rotatable bonds is 2. The molecule has 0 heterocycles. The van der Waals surface area contributed by atoms with Crippen molar-refractivity contribution in [3.8, 4) is 0 Å². The smallest absolute Gasteiger partial charge is 0.332 e. The highest BCUT2D eigenvalue weighted by Crippen LogP contribution is 2.30. The summed E-state index contributed by atoms with van der Waals surface area (Å²) >= 11 is 5.23. The summed E-state index contributed by atoms with van der Waals surface area (Å²) in [5, 5.41) is 6.32. The first kappa shape index (κ1) is 17.3. The molecule has 2 rings (SSSR count). The summed E-state index contributed by atoms with van der Waals surface area (Å²) in [6.45, 7) is 5.97. The van der Waals surface area contributed by atoms with Gasteiger partial charge in [0.2, 0.25) is 0 Å². The van der Waals surface area contributed by atoms with Gasteiger partial charge in [-0.05, 0) is 68.4 Å². The van der Waals surface area contributed by atoms with Crippen LogP contribution in [0.5, 0.6) is 0 Å². The summed E-state index contributed by atoms with van der Waals surface area (Å²) in [6.07, 6.45) is -4.34. The van der Waals surface area contributed by atoms with Crippen LogP contribution < -0.4 is 10.6 Å². The minimum Gasteiger partial charge on any atom is -0.332 e. The molecule has 2 aromatic carbocycles. The predicted octanol–water partition coefficient (Wildman–Crippen LogP) is 5.44. The predicted molar refractivity (Wildman–Crippen MR) is 91.9 cm³/mol. The molecule has 0 amide bonds. The van der Waals surface area contributed by atoms with E-state index in [0.717, 1.165) is 34.5 Å². The molecule has 0 radical (unpaired) electrons. The van der Waals surface area contributed by atoms with E-state index in [4.69, 9.17) is 12.2 Å². The Morgan fingerprint density at radius 1 is 0.913 bits per heavy atom. The van der Waals surface area contributed by atoms with Gasteiger partial charge in [-0.15, -0.1) is 0 Å². The molecule has 6 heteroatoms. The molecule has 0 aliphatic rings. The van der Waals surface area contributed by atoms with Crippen molar-refractivity contribution in [1.29, 1.82) is 0 Å². The lowest BCUT2D eigenvalue weighted by Crippen LogP contribution is -2.20. The highest BCUT2D eigenvalue weighted by molar-refractivity contribution is 7.80. The molecule has 0 aliphatic carbocycles. The van der Waals surface area contributed by atoms with Gasteiger partial charge in [-0.1, -0.05) is 17.7 Å². The summed E-state index contributed by atoms with van der Waals surface area (Å²) in [5.74, 6) is 0. The number of anilines is 2. The van der Waals surface area contributed by atoms with Gasteiger partial charge in [-0.3, -0.25) is 0 Å². The van der Waals surface area contributed by atoms with Crippen molar-refractivity contribution in [1.82, 2.24) is 0 Å².